The number of hydrogen-bond donors (Lipinski definition) is 1. The SMILES string of the molecule is Cc1ccccc1-c1nc(OCC(C)C)nn1-c1ccc(NC(=O)C(c2ccccc2)c2ccccc2)cc1. The van der Waals surface area contributed by atoms with Crippen LogP contribution >= 0.6 is 0 Å². The van der Waals surface area contributed by atoms with Crippen molar-refractivity contribution < 1.29 is 9.53 Å². The average Bonchev–Trinajstić information content (AvgIpc) is 3.38. The van der Waals surface area contributed by atoms with Crippen molar-refractivity contribution in [2.45, 2.75) is 26.7 Å². The zero-order valence-corrected chi connectivity index (χ0v) is 22.4. The van der Waals surface area contributed by atoms with Crippen molar-refractivity contribution in [2.75, 3.05) is 11.9 Å². The summed E-state index contributed by atoms with van der Waals surface area (Å²) >= 11 is 0. The summed E-state index contributed by atoms with van der Waals surface area (Å²) < 4.78 is 7.65. The summed E-state index contributed by atoms with van der Waals surface area (Å²) in [4.78, 5) is 18.2. The van der Waals surface area contributed by atoms with Crippen LogP contribution in [0.4, 0.5) is 5.69 Å². The van der Waals surface area contributed by atoms with Gasteiger partial charge in [-0.15, -0.1) is 5.10 Å². The van der Waals surface area contributed by atoms with Gasteiger partial charge in [0, 0.05) is 11.3 Å². The second-order valence-electron chi connectivity index (χ2n) is 9.94. The van der Waals surface area contributed by atoms with Crippen LogP contribution in [-0.4, -0.2) is 27.3 Å². The normalized spacial score (nSPS) is 11.1. The summed E-state index contributed by atoms with van der Waals surface area (Å²) in [5.74, 6) is 0.552. The Morgan fingerprint density at radius 3 is 2.00 bits per heavy atom. The Hall–Kier alpha value is -4.71. The number of rotatable bonds is 9. The molecule has 1 N–H and O–H groups in total. The molecule has 0 spiro atoms. The molecule has 1 heterocycles. The van der Waals surface area contributed by atoms with Crippen molar-refractivity contribution in [1.82, 2.24) is 14.8 Å². The highest BCUT2D eigenvalue weighted by molar-refractivity contribution is 5.98. The maximum absolute atomic E-state index is 13.5. The van der Waals surface area contributed by atoms with Gasteiger partial charge in [0.05, 0.1) is 18.2 Å². The topological polar surface area (TPSA) is 69.0 Å². The summed E-state index contributed by atoms with van der Waals surface area (Å²) in [6.45, 7) is 6.77. The number of ether oxygens (including phenoxy) is 1. The fourth-order valence-corrected chi connectivity index (χ4v) is 4.46. The van der Waals surface area contributed by atoms with Crippen molar-refractivity contribution in [3.8, 4) is 23.1 Å². The highest BCUT2D eigenvalue weighted by Crippen LogP contribution is 2.29. The summed E-state index contributed by atoms with van der Waals surface area (Å²) in [6.07, 6.45) is 0. The fraction of sp³-hybridized carbons (Fsp3) is 0.182. The first kappa shape index (κ1) is 25.9. The number of carbonyl (C=O) groups excluding carboxylic acids is 1. The molecule has 0 bridgehead atoms. The molecule has 0 fully saturated rings. The Balaban J connectivity index is 1.43. The molecule has 6 nitrogen and oxygen atoms in total. The summed E-state index contributed by atoms with van der Waals surface area (Å²) in [5, 5.41) is 7.77. The molecule has 196 valence electrons. The minimum Gasteiger partial charge on any atom is -0.462 e. The third-order valence-corrected chi connectivity index (χ3v) is 6.43. The van der Waals surface area contributed by atoms with E-state index in [0.29, 0.717) is 30.0 Å². The van der Waals surface area contributed by atoms with Gasteiger partial charge in [-0.2, -0.15) is 4.98 Å². The number of carbonyl (C=O) groups is 1. The molecule has 1 amide bonds. The number of hydrogen-bond acceptors (Lipinski definition) is 4. The number of amides is 1. The van der Waals surface area contributed by atoms with Gasteiger partial charge in [-0.25, -0.2) is 4.68 Å². The Kier molecular flexibility index (Phi) is 7.83. The van der Waals surface area contributed by atoms with Crippen molar-refractivity contribution in [3.05, 3.63) is 126 Å². The lowest BCUT2D eigenvalue weighted by Gasteiger charge is -2.18. The van der Waals surface area contributed by atoms with Gasteiger partial charge in [-0.1, -0.05) is 98.8 Å². The molecule has 5 rings (SSSR count). The first-order chi connectivity index (χ1) is 19.0. The monoisotopic (exact) mass is 516 g/mol. The largest absolute Gasteiger partial charge is 0.462 e. The van der Waals surface area contributed by atoms with Crippen molar-refractivity contribution in [2.24, 2.45) is 5.92 Å². The van der Waals surface area contributed by atoms with Crippen LogP contribution in [0.2, 0.25) is 0 Å². The Morgan fingerprint density at radius 1 is 0.821 bits per heavy atom. The van der Waals surface area contributed by atoms with Gasteiger partial charge in [0.15, 0.2) is 5.82 Å². The van der Waals surface area contributed by atoms with Gasteiger partial charge >= 0.3 is 6.01 Å². The maximum Gasteiger partial charge on any atom is 0.336 e. The quantitative estimate of drug-likeness (QED) is 0.228. The van der Waals surface area contributed by atoms with Crippen LogP contribution in [0.1, 0.15) is 36.5 Å². The van der Waals surface area contributed by atoms with E-state index in [1.54, 1.807) is 4.68 Å². The summed E-state index contributed by atoms with van der Waals surface area (Å²) in [7, 11) is 0. The molecule has 0 saturated carbocycles. The van der Waals surface area contributed by atoms with E-state index in [2.05, 4.69) is 37.3 Å². The molecular weight excluding hydrogens is 484 g/mol. The molecular formula is C33H32N4O2. The van der Waals surface area contributed by atoms with E-state index in [1.165, 1.54) is 0 Å². The molecule has 4 aromatic carbocycles. The zero-order chi connectivity index (χ0) is 27.2. The second-order valence-corrected chi connectivity index (χ2v) is 9.94. The molecule has 1 aromatic heterocycles. The van der Waals surface area contributed by atoms with Crippen LogP contribution < -0.4 is 10.1 Å². The molecule has 0 radical (unpaired) electrons. The molecule has 0 aliphatic rings. The molecule has 0 atom stereocenters. The molecule has 5 aromatic rings. The first-order valence-corrected chi connectivity index (χ1v) is 13.2. The van der Waals surface area contributed by atoms with Gasteiger partial charge < -0.3 is 10.1 Å². The van der Waals surface area contributed by atoms with Crippen molar-refractivity contribution >= 4 is 11.6 Å². The number of aryl methyl sites for hydroxylation is 1. The lowest BCUT2D eigenvalue weighted by molar-refractivity contribution is -0.116. The van der Waals surface area contributed by atoms with Crippen LogP contribution in [0.25, 0.3) is 17.1 Å². The van der Waals surface area contributed by atoms with Crippen LogP contribution in [-0.2, 0) is 4.79 Å². The number of anilines is 1. The van der Waals surface area contributed by atoms with E-state index in [1.807, 2.05) is 103 Å². The number of nitrogens with zero attached hydrogens (tertiary/aromatic N) is 3. The van der Waals surface area contributed by atoms with Crippen molar-refractivity contribution in [1.29, 1.82) is 0 Å². The van der Waals surface area contributed by atoms with Crippen LogP contribution in [0.5, 0.6) is 6.01 Å². The average molecular weight is 517 g/mol. The van der Waals surface area contributed by atoms with Crippen LogP contribution in [0.3, 0.4) is 0 Å². The van der Waals surface area contributed by atoms with E-state index < -0.39 is 5.92 Å². The minimum absolute atomic E-state index is 0.0918. The predicted octanol–water partition coefficient (Wildman–Crippen LogP) is 7.05. The summed E-state index contributed by atoms with van der Waals surface area (Å²) in [5.41, 5.74) is 5.48. The van der Waals surface area contributed by atoms with E-state index in [0.717, 1.165) is 27.9 Å². The van der Waals surface area contributed by atoms with Gasteiger partial charge in [-0.3, -0.25) is 4.79 Å². The molecule has 0 saturated heterocycles. The third-order valence-electron chi connectivity index (χ3n) is 6.43. The second kappa shape index (κ2) is 11.8. The Bertz CT molecular complexity index is 1490. The fourth-order valence-electron chi connectivity index (χ4n) is 4.46. The predicted molar refractivity (Wildman–Crippen MR) is 155 cm³/mol. The van der Waals surface area contributed by atoms with Gasteiger partial charge in [0.2, 0.25) is 5.91 Å². The van der Waals surface area contributed by atoms with Gasteiger partial charge in [-0.05, 0) is 53.8 Å². The summed E-state index contributed by atoms with van der Waals surface area (Å²) in [6, 6.07) is 35.7. The number of aromatic nitrogens is 3. The minimum atomic E-state index is -0.421. The van der Waals surface area contributed by atoms with Gasteiger partial charge in [0.1, 0.15) is 0 Å². The molecule has 39 heavy (non-hydrogen) atoms. The molecule has 0 unspecified atom stereocenters. The highest BCUT2D eigenvalue weighted by atomic mass is 16.5. The Labute approximate surface area is 229 Å². The third kappa shape index (κ3) is 6.07. The zero-order valence-electron chi connectivity index (χ0n) is 22.4. The van der Waals surface area contributed by atoms with Crippen LogP contribution in [0.15, 0.2) is 109 Å². The lowest BCUT2D eigenvalue weighted by Crippen LogP contribution is -2.22. The Morgan fingerprint density at radius 2 is 1.41 bits per heavy atom. The van der Waals surface area contributed by atoms with Crippen molar-refractivity contribution in [3.63, 3.8) is 0 Å². The standard InChI is InChI=1S/C33H32N4O2/c1-23(2)22-39-33-35-31(29-17-11-10-12-24(29)3)37(36-33)28-20-18-27(19-21-28)34-32(38)30(25-13-6-4-7-14-25)26-15-8-5-9-16-26/h4-21,23,30H,22H2,1-3H3,(H,34,38). The molecule has 0 aliphatic carbocycles. The van der Waals surface area contributed by atoms with Crippen LogP contribution in [0, 0.1) is 12.8 Å². The molecule has 0 aliphatic heterocycles. The first-order valence-electron chi connectivity index (χ1n) is 13.2. The van der Waals surface area contributed by atoms with E-state index in [-0.39, 0.29) is 5.91 Å². The maximum atomic E-state index is 13.5. The van der Waals surface area contributed by atoms with E-state index in [4.69, 9.17) is 9.72 Å². The van der Waals surface area contributed by atoms with E-state index >= 15 is 0 Å². The highest BCUT2D eigenvalue weighted by Gasteiger charge is 2.23. The number of benzene rings is 4. The molecule has 6 heteroatoms. The number of nitrogens with one attached hydrogen (secondary N) is 1. The smallest absolute Gasteiger partial charge is 0.336 e. The lowest BCUT2D eigenvalue weighted by atomic mass is 9.90. The van der Waals surface area contributed by atoms with E-state index in [9.17, 15) is 4.79 Å². The van der Waals surface area contributed by atoms with Gasteiger partial charge in [0.25, 0.3) is 0 Å².